The van der Waals surface area contributed by atoms with Gasteiger partial charge in [0.25, 0.3) is 0 Å². The highest BCUT2D eigenvalue weighted by Crippen LogP contribution is 2.38. The molecule has 94 valence electrons. The Kier molecular flexibility index (Phi) is 2.47. The third-order valence-corrected chi connectivity index (χ3v) is 3.53. The Labute approximate surface area is 104 Å². The number of rotatable bonds is 4. The Balaban J connectivity index is 1.67. The fraction of sp³-hybridized carbons (Fsp3) is 0.385. The van der Waals surface area contributed by atoms with Crippen LogP contribution in [0.3, 0.4) is 0 Å². The molecule has 0 bridgehead atoms. The molecule has 1 heterocycles. The summed E-state index contributed by atoms with van der Waals surface area (Å²) in [6.45, 7) is 0.718. The van der Waals surface area contributed by atoms with E-state index in [1.807, 2.05) is 29.8 Å². The molecule has 1 aliphatic rings. The number of aliphatic carboxylic acids is 1. The van der Waals surface area contributed by atoms with Crippen molar-refractivity contribution in [2.24, 2.45) is 18.9 Å². The van der Waals surface area contributed by atoms with Crippen molar-refractivity contribution in [3.8, 4) is 0 Å². The van der Waals surface area contributed by atoms with Gasteiger partial charge in [0, 0.05) is 19.3 Å². The average Bonchev–Trinajstić information content (AvgIpc) is 3.05. The van der Waals surface area contributed by atoms with Gasteiger partial charge in [-0.25, -0.2) is 4.98 Å². The molecule has 2 N–H and O–H groups in total. The summed E-state index contributed by atoms with van der Waals surface area (Å²) in [4.78, 5) is 15.0. The lowest BCUT2D eigenvalue weighted by Gasteiger charge is -2.05. The molecule has 5 nitrogen and oxygen atoms in total. The lowest BCUT2D eigenvalue weighted by Crippen LogP contribution is -2.08. The molecular formula is C13H15N3O2. The predicted octanol–water partition coefficient (Wildman–Crippen LogP) is 1.71. The van der Waals surface area contributed by atoms with Crippen LogP contribution in [-0.2, 0) is 11.8 Å². The molecule has 1 aliphatic carbocycles. The molecule has 5 heteroatoms. The molecule has 3 rings (SSSR count). The average molecular weight is 245 g/mol. The molecule has 0 amide bonds. The molecule has 0 radical (unpaired) electrons. The molecule has 1 aromatic heterocycles. The number of hydrogen-bond acceptors (Lipinski definition) is 3. The highest BCUT2D eigenvalue weighted by molar-refractivity contribution is 5.79. The molecular weight excluding hydrogens is 230 g/mol. The first-order valence-corrected chi connectivity index (χ1v) is 6.03. The van der Waals surface area contributed by atoms with Gasteiger partial charge in [-0.3, -0.25) is 4.79 Å². The van der Waals surface area contributed by atoms with Crippen LogP contribution in [-0.4, -0.2) is 27.2 Å². The van der Waals surface area contributed by atoms with E-state index in [0.29, 0.717) is 0 Å². The molecule has 0 aliphatic heterocycles. The topological polar surface area (TPSA) is 67.2 Å². The maximum absolute atomic E-state index is 10.7. The maximum Gasteiger partial charge on any atom is 0.306 e. The molecule has 1 aromatic carbocycles. The van der Waals surface area contributed by atoms with Crippen molar-refractivity contribution in [2.45, 2.75) is 6.42 Å². The summed E-state index contributed by atoms with van der Waals surface area (Å²) in [6, 6.07) is 6.02. The van der Waals surface area contributed by atoms with E-state index < -0.39 is 5.97 Å². The summed E-state index contributed by atoms with van der Waals surface area (Å²) >= 11 is 0. The SMILES string of the molecule is Cn1cnc2cc(NCC3CC3C(=O)O)ccc21. The minimum atomic E-state index is -0.679. The van der Waals surface area contributed by atoms with Crippen LogP contribution < -0.4 is 5.32 Å². The van der Waals surface area contributed by atoms with E-state index in [1.165, 1.54) is 0 Å². The van der Waals surface area contributed by atoms with Crippen LogP contribution in [0.1, 0.15) is 6.42 Å². The normalized spacial score (nSPS) is 22.1. The fourth-order valence-electron chi connectivity index (χ4n) is 2.27. The van der Waals surface area contributed by atoms with Crippen molar-refractivity contribution in [1.29, 1.82) is 0 Å². The lowest BCUT2D eigenvalue weighted by molar-refractivity contribution is -0.138. The maximum atomic E-state index is 10.7. The van der Waals surface area contributed by atoms with Gasteiger partial charge in [0.05, 0.1) is 23.3 Å². The number of aromatic nitrogens is 2. The van der Waals surface area contributed by atoms with E-state index in [2.05, 4.69) is 10.3 Å². The number of anilines is 1. The first-order valence-electron chi connectivity index (χ1n) is 6.03. The summed E-state index contributed by atoms with van der Waals surface area (Å²) in [5.74, 6) is -0.569. The van der Waals surface area contributed by atoms with E-state index >= 15 is 0 Å². The van der Waals surface area contributed by atoms with Gasteiger partial charge < -0.3 is 15.0 Å². The van der Waals surface area contributed by atoms with Gasteiger partial charge in [0.2, 0.25) is 0 Å². The zero-order valence-electron chi connectivity index (χ0n) is 10.1. The second-order valence-corrected chi connectivity index (χ2v) is 4.88. The Morgan fingerprint density at radius 3 is 3.17 bits per heavy atom. The summed E-state index contributed by atoms with van der Waals surface area (Å²) in [6.07, 6.45) is 2.57. The van der Waals surface area contributed by atoms with Crippen molar-refractivity contribution in [3.63, 3.8) is 0 Å². The van der Waals surface area contributed by atoms with E-state index in [4.69, 9.17) is 5.11 Å². The van der Waals surface area contributed by atoms with E-state index in [9.17, 15) is 4.79 Å². The summed E-state index contributed by atoms with van der Waals surface area (Å²) < 4.78 is 1.97. The third kappa shape index (κ3) is 1.92. The van der Waals surface area contributed by atoms with Crippen LogP contribution in [0.15, 0.2) is 24.5 Å². The van der Waals surface area contributed by atoms with E-state index in [0.717, 1.165) is 29.7 Å². The number of carboxylic acids is 1. The van der Waals surface area contributed by atoms with Crippen LogP contribution in [0.5, 0.6) is 0 Å². The van der Waals surface area contributed by atoms with Crippen molar-refractivity contribution in [1.82, 2.24) is 9.55 Å². The Morgan fingerprint density at radius 2 is 2.44 bits per heavy atom. The smallest absolute Gasteiger partial charge is 0.306 e. The van der Waals surface area contributed by atoms with Crippen LogP contribution in [0, 0.1) is 11.8 Å². The van der Waals surface area contributed by atoms with Crippen molar-refractivity contribution < 1.29 is 9.90 Å². The van der Waals surface area contributed by atoms with Gasteiger partial charge in [0.15, 0.2) is 0 Å². The van der Waals surface area contributed by atoms with Gasteiger partial charge in [-0.1, -0.05) is 0 Å². The zero-order valence-corrected chi connectivity index (χ0v) is 10.1. The van der Waals surface area contributed by atoms with Gasteiger partial charge >= 0.3 is 5.97 Å². The Morgan fingerprint density at radius 1 is 1.61 bits per heavy atom. The lowest BCUT2D eigenvalue weighted by atomic mass is 10.2. The minimum Gasteiger partial charge on any atom is -0.481 e. The van der Waals surface area contributed by atoms with Gasteiger partial charge in [-0.2, -0.15) is 0 Å². The summed E-state index contributed by atoms with van der Waals surface area (Å²) in [7, 11) is 1.96. The van der Waals surface area contributed by atoms with Crippen LogP contribution >= 0.6 is 0 Å². The zero-order chi connectivity index (χ0) is 12.7. The first-order chi connectivity index (χ1) is 8.65. The first kappa shape index (κ1) is 11.1. The molecule has 0 spiro atoms. The molecule has 2 atom stereocenters. The molecule has 0 saturated heterocycles. The van der Waals surface area contributed by atoms with Crippen LogP contribution in [0.25, 0.3) is 11.0 Å². The van der Waals surface area contributed by atoms with Crippen LogP contribution in [0.4, 0.5) is 5.69 Å². The minimum absolute atomic E-state index is 0.156. The Hall–Kier alpha value is -2.04. The molecule has 1 fully saturated rings. The largest absolute Gasteiger partial charge is 0.481 e. The number of imidazole rings is 1. The van der Waals surface area contributed by atoms with E-state index in [1.54, 1.807) is 6.33 Å². The quantitative estimate of drug-likeness (QED) is 0.860. The summed E-state index contributed by atoms with van der Waals surface area (Å²) in [5.41, 5.74) is 3.04. The number of fused-ring (bicyclic) bond motifs is 1. The number of benzene rings is 1. The predicted molar refractivity (Wildman–Crippen MR) is 68.4 cm³/mol. The number of nitrogens with one attached hydrogen (secondary N) is 1. The van der Waals surface area contributed by atoms with Gasteiger partial charge in [-0.15, -0.1) is 0 Å². The number of hydrogen-bond donors (Lipinski definition) is 2. The fourth-order valence-corrected chi connectivity index (χ4v) is 2.27. The molecule has 18 heavy (non-hydrogen) atoms. The van der Waals surface area contributed by atoms with Crippen LogP contribution in [0.2, 0.25) is 0 Å². The van der Waals surface area contributed by atoms with Crippen molar-refractivity contribution in [3.05, 3.63) is 24.5 Å². The number of carboxylic acid groups (broad SMARTS) is 1. The standard InChI is InChI=1S/C13H15N3O2/c1-16-7-15-11-5-9(2-3-12(11)16)14-6-8-4-10(8)13(17)18/h2-3,5,7-8,10,14H,4,6H2,1H3,(H,17,18). The number of aryl methyl sites for hydroxylation is 1. The number of carbonyl (C=O) groups is 1. The molecule has 1 saturated carbocycles. The highest BCUT2D eigenvalue weighted by Gasteiger charge is 2.42. The Bertz CT molecular complexity index is 605. The second kappa shape index (κ2) is 4.01. The van der Waals surface area contributed by atoms with Crippen molar-refractivity contribution in [2.75, 3.05) is 11.9 Å². The molecule has 2 aromatic rings. The monoisotopic (exact) mass is 245 g/mol. The molecule has 2 unspecified atom stereocenters. The van der Waals surface area contributed by atoms with Gasteiger partial charge in [0.1, 0.15) is 0 Å². The summed E-state index contributed by atoms with van der Waals surface area (Å²) in [5, 5.41) is 12.1. The van der Waals surface area contributed by atoms with Crippen molar-refractivity contribution >= 4 is 22.7 Å². The second-order valence-electron chi connectivity index (χ2n) is 4.88. The third-order valence-electron chi connectivity index (χ3n) is 3.53. The number of nitrogens with zero attached hydrogens (tertiary/aromatic N) is 2. The van der Waals surface area contributed by atoms with E-state index in [-0.39, 0.29) is 11.8 Å². The van der Waals surface area contributed by atoms with Gasteiger partial charge in [-0.05, 0) is 30.5 Å². The highest BCUT2D eigenvalue weighted by atomic mass is 16.4.